The Morgan fingerprint density at radius 1 is 1.15 bits per heavy atom. The van der Waals surface area contributed by atoms with Crippen molar-refractivity contribution in [3.63, 3.8) is 0 Å². The molecule has 0 amide bonds. The highest BCUT2D eigenvalue weighted by Crippen LogP contribution is 2.35. The molecule has 0 unspecified atom stereocenters. The number of hydrogen-bond acceptors (Lipinski definition) is 3. The van der Waals surface area contributed by atoms with E-state index in [1.807, 2.05) is 6.92 Å². The molecule has 0 aliphatic carbocycles. The van der Waals surface area contributed by atoms with Gasteiger partial charge in [-0.2, -0.15) is 8.42 Å². The van der Waals surface area contributed by atoms with Crippen molar-refractivity contribution in [2.24, 2.45) is 5.92 Å². The van der Waals surface area contributed by atoms with E-state index in [9.17, 15) is 8.42 Å². The van der Waals surface area contributed by atoms with Crippen LogP contribution in [-0.2, 0) is 14.3 Å². The van der Waals surface area contributed by atoms with Crippen LogP contribution >= 0.6 is 0 Å². The van der Waals surface area contributed by atoms with Crippen LogP contribution in [0.3, 0.4) is 0 Å². The summed E-state index contributed by atoms with van der Waals surface area (Å²) in [6.45, 7) is 5.05. The molecule has 1 atom stereocenters. The van der Waals surface area contributed by atoms with Crippen LogP contribution in [0.25, 0.3) is 0 Å². The third-order valence-corrected chi connectivity index (χ3v) is 6.14. The van der Waals surface area contributed by atoms with Gasteiger partial charge in [-0.05, 0) is 19.1 Å². The zero-order valence-corrected chi connectivity index (χ0v) is 12.9. The van der Waals surface area contributed by atoms with Gasteiger partial charge in [0.1, 0.15) is 12.6 Å². The zero-order chi connectivity index (χ0) is 14.4. The monoisotopic (exact) mass is 296 g/mol. The van der Waals surface area contributed by atoms with Crippen molar-refractivity contribution >= 4 is 10.1 Å². The fourth-order valence-corrected chi connectivity index (χ4v) is 4.51. The van der Waals surface area contributed by atoms with Gasteiger partial charge in [0.2, 0.25) is 0 Å². The Balaban J connectivity index is 1.78. The van der Waals surface area contributed by atoms with Gasteiger partial charge in [-0.15, -0.1) is 0 Å². The predicted molar refractivity (Wildman–Crippen MR) is 76.7 cm³/mol. The Labute approximate surface area is 121 Å². The molecule has 110 valence electrons. The summed E-state index contributed by atoms with van der Waals surface area (Å²) in [4.78, 5) is 0.266. The minimum atomic E-state index is -3.64. The average molecular weight is 296 g/mol. The maximum Gasteiger partial charge on any atom is 0.297 e. The van der Waals surface area contributed by atoms with E-state index in [1.165, 1.54) is 0 Å². The van der Waals surface area contributed by atoms with Crippen molar-refractivity contribution in [3.8, 4) is 0 Å². The van der Waals surface area contributed by atoms with E-state index in [0.717, 1.165) is 42.5 Å². The van der Waals surface area contributed by atoms with Crippen molar-refractivity contribution in [1.29, 1.82) is 0 Å². The van der Waals surface area contributed by atoms with Gasteiger partial charge in [-0.3, -0.25) is 4.18 Å². The van der Waals surface area contributed by atoms with Crippen molar-refractivity contribution < 1.29 is 17.1 Å². The van der Waals surface area contributed by atoms with Crippen LogP contribution in [0.1, 0.15) is 18.4 Å². The summed E-state index contributed by atoms with van der Waals surface area (Å²) in [5.74, 6) is 0.398. The van der Waals surface area contributed by atoms with Crippen LogP contribution in [0.15, 0.2) is 29.2 Å². The maximum absolute atomic E-state index is 12.4. The Bertz CT molecular complexity index is 586. The van der Waals surface area contributed by atoms with E-state index >= 15 is 0 Å². The second-order valence-electron chi connectivity index (χ2n) is 6.49. The molecule has 1 aromatic rings. The normalized spacial score (nSPS) is 33.3. The Kier molecular flexibility index (Phi) is 3.39. The minimum Gasteiger partial charge on any atom is -0.324 e. The molecule has 20 heavy (non-hydrogen) atoms. The molecule has 0 saturated carbocycles. The van der Waals surface area contributed by atoms with Crippen molar-refractivity contribution in [2.75, 3.05) is 26.7 Å². The summed E-state index contributed by atoms with van der Waals surface area (Å²) < 4.78 is 31.2. The average Bonchev–Trinajstić information content (AvgIpc) is 2.39. The molecule has 3 heterocycles. The number of likely N-dealkylation sites (N-methyl/N-ethyl adjacent to an activating group) is 1. The molecule has 3 aliphatic heterocycles. The van der Waals surface area contributed by atoms with Gasteiger partial charge in [-0.1, -0.05) is 17.7 Å². The Morgan fingerprint density at radius 2 is 1.75 bits per heavy atom. The van der Waals surface area contributed by atoms with Gasteiger partial charge in [0.05, 0.1) is 25.0 Å². The number of benzene rings is 1. The molecule has 5 heteroatoms. The number of nitrogens with zero attached hydrogens (tertiary/aromatic N) is 1. The highest BCUT2D eigenvalue weighted by molar-refractivity contribution is 7.86. The summed E-state index contributed by atoms with van der Waals surface area (Å²) in [6, 6.07) is 6.87. The molecular weight excluding hydrogens is 274 g/mol. The highest BCUT2D eigenvalue weighted by Gasteiger charge is 2.45. The van der Waals surface area contributed by atoms with Crippen LogP contribution in [0.2, 0.25) is 0 Å². The van der Waals surface area contributed by atoms with Crippen LogP contribution < -0.4 is 0 Å². The van der Waals surface area contributed by atoms with Gasteiger partial charge < -0.3 is 4.48 Å². The van der Waals surface area contributed by atoms with Crippen molar-refractivity contribution in [1.82, 2.24) is 0 Å². The number of fused-ring (bicyclic) bond motifs is 3. The quantitative estimate of drug-likeness (QED) is 0.632. The molecule has 3 aliphatic rings. The zero-order valence-electron chi connectivity index (χ0n) is 12.1. The van der Waals surface area contributed by atoms with Crippen LogP contribution in [0, 0.1) is 12.8 Å². The fourth-order valence-electron chi connectivity index (χ4n) is 3.38. The molecule has 2 bridgehead atoms. The molecule has 3 fully saturated rings. The maximum atomic E-state index is 12.4. The summed E-state index contributed by atoms with van der Waals surface area (Å²) >= 11 is 0. The van der Waals surface area contributed by atoms with Gasteiger partial charge in [0.15, 0.2) is 0 Å². The van der Waals surface area contributed by atoms with Gasteiger partial charge in [0, 0.05) is 18.8 Å². The lowest BCUT2D eigenvalue weighted by atomic mass is 9.84. The van der Waals surface area contributed by atoms with Gasteiger partial charge >= 0.3 is 0 Å². The SMILES string of the molecule is Cc1ccc(S(=O)(=O)O[C@@H]2C[N+]3(C)CCC2CC3)cc1. The highest BCUT2D eigenvalue weighted by atomic mass is 32.2. The number of hydrogen-bond donors (Lipinski definition) is 0. The van der Waals surface area contributed by atoms with Crippen LogP contribution in [0.5, 0.6) is 0 Å². The topological polar surface area (TPSA) is 43.4 Å². The van der Waals surface area contributed by atoms with E-state index < -0.39 is 10.1 Å². The first-order valence-corrected chi connectivity index (χ1v) is 8.62. The molecule has 0 aromatic heterocycles. The Hall–Kier alpha value is -0.910. The molecule has 0 spiro atoms. The van der Waals surface area contributed by atoms with Crippen molar-refractivity contribution in [2.45, 2.75) is 30.8 Å². The summed E-state index contributed by atoms with van der Waals surface area (Å²) in [6.07, 6.45) is 1.99. The van der Waals surface area contributed by atoms with E-state index in [-0.39, 0.29) is 11.0 Å². The first kappa shape index (κ1) is 14.0. The molecule has 1 aromatic carbocycles. The fraction of sp³-hybridized carbons (Fsp3) is 0.600. The molecule has 0 N–H and O–H groups in total. The van der Waals surface area contributed by atoms with Crippen molar-refractivity contribution in [3.05, 3.63) is 29.8 Å². The standard InChI is InChI=1S/C15H22NO3S/c1-12-3-5-14(6-4-12)20(17,18)19-15-11-16(2)9-7-13(15)8-10-16/h3-6,13,15H,7-11H2,1-2H3/q+1/t13?,15-,16?/m1/s1. The lowest BCUT2D eigenvalue weighted by molar-refractivity contribution is -0.928. The lowest BCUT2D eigenvalue weighted by Gasteiger charge is -2.49. The number of rotatable bonds is 3. The summed E-state index contributed by atoms with van der Waals surface area (Å²) in [5, 5.41) is 0. The van der Waals surface area contributed by atoms with Crippen LogP contribution in [0.4, 0.5) is 0 Å². The number of quaternary nitrogens is 1. The third kappa shape index (κ3) is 2.62. The largest absolute Gasteiger partial charge is 0.324 e. The number of aryl methyl sites for hydroxylation is 1. The lowest BCUT2D eigenvalue weighted by Crippen LogP contribution is -2.62. The smallest absolute Gasteiger partial charge is 0.297 e. The second kappa shape index (κ2) is 4.83. The third-order valence-electron chi connectivity index (χ3n) is 4.79. The first-order chi connectivity index (χ1) is 9.38. The minimum absolute atomic E-state index is 0.159. The first-order valence-electron chi connectivity index (χ1n) is 7.22. The summed E-state index contributed by atoms with van der Waals surface area (Å²) in [5.41, 5.74) is 1.05. The Morgan fingerprint density at radius 3 is 2.30 bits per heavy atom. The van der Waals surface area contributed by atoms with Gasteiger partial charge in [0.25, 0.3) is 10.1 Å². The number of piperidine rings is 3. The van der Waals surface area contributed by atoms with E-state index in [1.54, 1.807) is 24.3 Å². The van der Waals surface area contributed by atoms with E-state index in [4.69, 9.17) is 4.18 Å². The summed E-state index contributed by atoms with van der Waals surface area (Å²) in [7, 11) is -1.44. The van der Waals surface area contributed by atoms with E-state index in [0.29, 0.717) is 5.92 Å². The molecular formula is C15H22NO3S+. The molecule has 0 radical (unpaired) electrons. The van der Waals surface area contributed by atoms with E-state index in [2.05, 4.69) is 7.05 Å². The second-order valence-corrected chi connectivity index (χ2v) is 8.06. The molecule has 4 rings (SSSR count). The molecule has 4 nitrogen and oxygen atoms in total. The predicted octanol–water partition coefficient (Wildman–Crippen LogP) is 1.94. The van der Waals surface area contributed by atoms with Crippen LogP contribution in [-0.4, -0.2) is 45.7 Å². The van der Waals surface area contributed by atoms with Gasteiger partial charge in [-0.25, -0.2) is 0 Å². The molecule has 3 saturated heterocycles.